The molecule has 0 saturated heterocycles. The highest BCUT2D eigenvalue weighted by Gasteiger charge is 2.21. The highest BCUT2D eigenvalue weighted by atomic mass is 16.5. The molecule has 1 aromatic carbocycles. The lowest BCUT2D eigenvalue weighted by atomic mass is 10.1. The minimum atomic E-state index is -0.641. The summed E-state index contributed by atoms with van der Waals surface area (Å²) in [5.41, 5.74) is 1.44. The van der Waals surface area contributed by atoms with Crippen LogP contribution in [-0.4, -0.2) is 38.3 Å². The first-order valence-corrected chi connectivity index (χ1v) is 7.13. The number of hydrogen-bond donors (Lipinski definition) is 1. The van der Waals surface area contributed by atoms with Gasteiger partial charge in [-0.3, -0.25) is 0 Å². The Labute approximate surface area is 139 Å². The van der Waals surface area contributed by atoms with E-state index in [1.54, 1.807) is 7.11 Å². The van der Waals surface area contributed by atoms with E-state index in [-0.39, 0.29) is 16.9 Å². The quantitative estimate of drug-likeness (QED) is 0.813. The predicted octanol–water partition coefficient (Wildman–Crippen LogP) is 2.28. The summed E-state index contributed by atoms with van der Waals surface area (Å²) in [6.07, 6.45) is 1.36. The van der Waals surface area contributed by atoms with Crippen LogP contribution in [0.15, 0.2) is 36.5 Å². The van der Waals surface area contributed by atoms with Crippen LogP contribution in [0.3, 0.4) is 0 Å². The normalized spacial score (nSPS) is 9.96. The van der Waals surface area contributed by atoms with Crippen LogP contribution in [0, 0.1) is 0 Å². The molecule has 0 spiro atoms. The Balaban J connectivity index is 2.31. The van der Waals surface area contributed by atoms with Crippen molar-refractivity contribution < 1.29 is 23.8 Å². The zero-order chi connectivity index (χ0) is 17.5. The van der Waals surface area contributed by atoms with E-state index in [1.165, 1.54) is 26.5 Å². The Kier molecular flexibility index (Phi) is 5.73. The highest BCUT2D eigenvalue weighted by molar-refractivity contribution is 6.02. The van der Waals surface area contributed by atoms with Gasteiger partial charge >= 0.3 is 11.9 Å². The number of pyridine rings is 1. The number of aromatic nitrogens is 1. The lowest BCUT2D eigenvalue weighted by molar-refractivity contribution is 0.0595. The van der Waals surface area contributed by atoms with E-state index < -0.39 is 11.9 Å². The molecule has 0 aliphatic carbocycles. The average Bonchev–Trinajstić information content (AvgIpc) is 2.65. The van der Waals surface area contributed by atoms with Gasteiger partial charge in [0.15, 0.2) is 5.69 Å². The van der Waals surface area contributed by atoms with Crippen molar-refractivity contribution in [2.45, 2.75) is 6.54 Å². The molecule has 0 aliphatic heterocycles. The Morgan fingerprint density at radius 3 is 2.25 bits per heavy atom. The summed E-state index contributed by atoms with van der Waals surface area (Å²) >= 11 is 0. The van der Waals surface area contributed by atoms with Gasteiger partial charge in [-0.25, -0.2) is 14.6 Å². The minimum absolute atomic E-state index is 0.0221. The molecule has 7 nitrogen and oxygen atoms in total. The SMILES string of the molecule is COC(=O)c1ccnc(C(=O)OC)c1NCc1ccc(OC)cc1. The first-order chi connectivity index (χ1) is 11.6. The molecule has 1 heterocycles. The number of esters is 2. The van der Waals surface area contributed by atoms with Crippen molar-refractivity contribution in [1.82, 2.24) is 4.98 Å². The molecular formula is C17H18N2O5. The molecule has 1 aromatic heterocycles. The van der Waals surface area contributed by atoms with Crippen LogP contribution in [0.1, 0.15) is 26.4 Å². The van der Waals surface area contributed by atoms with E-state index in [0.717, 1.165) is 11.3 Å². The van der Waals surface area contributed by atoms with Gasteiger partial charge in [-0.05, 0) is 23.8 Å². The number of benzene rings is 1. The number of anilines is 1. The monoisotopic (exact) mass is 330 g/mol. The number of ether oxygens (including phenoxy) is 3. The van der Waals surface area contributed by atoms with Crippen molar-refractivity contribution in [2.24, 2.45) is 0 Å². The number of carbonyl (C=O) groups excluding carboxylic acids is 2. The number of nitrogens with one attached hydrogen (secondary N) is 1. The summed E-state index contributed by atoms with van der Waals surface area (Å²) in [6.45, 7) is 0.379. The molecule has 0 amide bonds. The van der Waals surface area contributed by atoms with Crippen molar-refractivity contribution >= 4 is 17.6 Å². The van der Waals surface area contributed by atoms with Gasteiger partial charge in [0.1, 0.15) is 5.75 Å². The first kappa shape index (κ1) is 17.3. The first-order valence-electron chi connectivity index (χ1n) is 7.13. The molecule has 0 aliphatic rings. The number of methoxy groups -OCH3 is 3. The zero-order valence-electron chi connectivity index (χ0n) is 13.7. The Morgan fingerprint density at radius 1 is 1.00 bits per heavy atom. The standard InChI is InChI=1S/C17H18N2O5/c1-22-12-6-4-11(5-7-12)10-19-14-13(16(20)23-2)8-9-18-15(14)17(21)24-3/h4-9,19H,10H2,1-3H3. The maximum Gasteiger partial charge on any atom is 0.358 e. The van der Waals surface area contributed by atoms with Crippen molar-refractivity contribution in [3.8, 4) is 5.75 Å². The minimum Gasteiger partial charge on any atom is -0.497 e. The van der Waals surface area contributed by atoms with Crippen LogP contribution in [0.4, 0.5) is 5.69 Å². The summed E-state index contributed by atoms with van der Waals surface area (Å²) in [4.78, 5) is 27.8. The summed E-state index contributed by atoms with van der Waals surface area (Å²) < 4.78 is 14.6. The second-order valence-electron chi connectivity index (χ2n) is 4.77. The molecule has 1 N–H and O–H groups in total. The lowest BCUT2D eigenvalue weighted by Gasteiger charge is -2.14. The fourth-order valence-corrected chi connectivity index (χ4v) is 2.11. The average molecular weight is 330 g/mol. The van der Waals surface area contributed by atoms with Crippen LogP contribution in [0.25, 0.3) is 0 Å². The van der Waals surface area contributed by atoms with Crippen LogP contribution >= 0.6 is 0 Å². The third-order valence-electron chi connectivity index (χ3n) is 3.36. The molecule has 7 heteroatoms. The third kappa shape index (κ3) is 3.81. The van der Waals surface area contributed by atoms with Gasteiger partial charge in [0.2, 0.25) is 0 Å². The molecule has 0 saturated carbocycles. The van der Waals surface area contributed by atoms with Crippen LogP contribution in [0.5, 0.6) is 5.75 Å². The van der Waals surface area contributed by atoms with E-state index in [4.69, 9.17) is 14.2 Å². The molecule has 0 fully saturated rings. The van der Waals surface area contributed by atoms with Crippen molar-refractivity contribution in [2.75, 3.05) is 26.6 Å². The molecular weight excluding hydrogens is 312 g/mol. The van der Waals surface area contributed by atoms with Crippen molar-refractivity contribution in [3.63, 3.8) is 0 Å². The predicted molar refractivity (Wildman–Crippen MR) is 87.2 cm³/mol. The Hall–Kier alpha value is -3.09. The van der Waals surface area contributed by atoms with Crippen LogP contribution in [-0.2, 0) is 16.0 Å². The zero-order valence-corrected chi connectivity index (χ0v) is 13.7. The summed E-state index contributed by atoms with van der Waals surface area (Å²) in [7, 11) is 4.12. The summed E-state index contributed by atoms with van der Waals surface area (Å²) in [5.74, 6) is -0.469. The molecule has 0 bridgehead atoms. The molecule has 0 atom stereocenters. The molecule has 24 heavy (non-hydrogen) atoms. The number of carbonyl (C=O) groups is 2. The van der Waals surface area contributed by atoms with Gasteiger partial charge in [0.05, 0.1) is 32.6 Å². The van der Waals surface area contributed by atoms with Crippen molar-refractivity contribution in [3.05, 3.63) is 53.3 Å². The number of nitrogens with zero attached hydrogens (tertiary/aromatic N) is 1. The number of hydrogen-bond acceptors (Lipinski definition) is 7. The summed E-state index contributed by atoms with van der Waals surface area (Å²) in [5, 5.41) is 3.06. The number of rotatable bonds is 6. The fourth-order valence-electron chi connectivity index (χ4n) is 2.11. The smallest absolute Gasteiger partial charge is 0.358 e. The molecule has 2 aromatic rings. The largest absolute Gasteiger partial charge is 0.497 e. The van der Waals surface area contributed by atoms with E-state index in [1.807, 2.05) is 24.3 Å². The summed E-state index contributed by atoms with van der Waals surface area (Å²) in [6, 6.07) is 8.87. The highest BCUT2D eigenvalue weighted by Crippen LogP contribution is 2.22. The van der Waals surface area contributed by atoms with E-state index >= 15 is 0 Å². The van der Waals surface area contributed by atoms with E-state index in [0.29, 0.717) is 6.54 Å². The maximum atomic E-state index is 11.9. The Morgan fingerprint density at radius 2 is 1.67 bits per heavy atom. The second-order valence-corrected chi connectivity index (χ2v) is 4.77. The van der Waals surface area contributed by atoms with Crippen LogP contribution < -0.4 is 10.1 Å². The topological polar surface area (TPSA) is 86.8 Å². The Bertz CT molecular complexity index is 694. The second kappa shape index (κ2) is 7.96. The maximum absolute atomic E-state index is 11.9. The van der Waals surface area contributed by atoms with Gasteiger partial charge in [0.25, 0.3) is 0 Å². The molecule has 0 radical (unpaired) electrons. The molecule has 0 unspecified atom stereocenters. The van der Waals surface area contributed by atoms with Gasteiger partial charge in [0, 0.05) is 12.7 Å². The fraction of sp³-hybridized carbons (Fsp3) is 0.235. The van der Waals surface area contributed by atoms with Gasteiger partial charge in [-0.1, -0.05) is 12.1 Å². The third-order valence-corrected chi connectivity index (χ3v) is 3.36. The van der Waals surface area contributed by atoms with Gasteiger partial charge in [-0.2, -0.15) is 0 Å². The molecule has 126 valence electrons. The lowest BCUT2D eigenvalue weighted by Crippen LogP contribution is -2.15. The van der Waals surface area contributed by atoms with E-state index in [9.17, 15) is 9.59 Å². The van der Waals surface area contributed by atoms with Gasteiger partial charge < -0.3 is 19.5 Å². The van der Waals surface area contributed by atoms with Crippen molar-refractivity contribution in [1.29, 1.82) is 0 Å². The van der Waals surface area contributed by atoms with E-state index in [2.05, 4.69) is 10.3 Å². The van der Waals surface area contributed by atoms with Crippen LogP contribution in [0.2, 0.25) is 0 Å². The molecule has 2 rings (SSSR count). The van der Waals surface area contributed by atoms with Gasteiger partial charge in [-0.15, -0.1) is 0 Å².